The molecule has 0 atom stereocenters. The molecule has 0 aliphatic rings. The molecular weight excluding hydrogens is 428 g/mol. The van der Waals surface area contributed by atoms with Crippen LogP contribution in [-0.2, 0) is 0 Å². The highest BCUT2D eigenvalue weighted by atomic mass is 16.5. The molecular formula is C25H20N8O. The molecule has 0 amide bonds. The molecule has 2 N–H and O–H groups in total. The number of aryl methyl sites for hydroxylation is 3. The zero-order chi connectivity index (χ0) is 24.1. The lowest BCUT2D eigenvalue weighted by molar-refractivity contribution is 0.425. The number of allylic oxidation sites excluding steroid dienone is 1. The molecule has 0 radical (unpaired) electrons. The highest BCUT2D eigenvalue weighted by Gasteiger charge is 2.17. The molecule has 2 aromatic carbocycles. The maximum atomic E-state index is 9.00. The number of nitrogens with zero attached hydrogens (tertiary/aromatic N) is 6. The number of nitriles is 2. The average molecular weight is 448 g/mol. The van der Waals surface area contributed by atoms with Crippen molar-refractivity contribution in [3.05, 3.63) is 76.7 Å². The Bertz CT molecular complexity index is 1430. The Morgan fingerprint density at radius 2 is 1.71 bits per heavy atom. The van der Waals surface area contributed by atoms with Gasteiger partial charge in [0.25, 0.3) is 5.89 Å². The first-order chi connectivity index (χ1) is 16.5. The van der Waals surface area contributed by atoms with E-state index in [1.165, 1.54) is 6.08 Å². The van der Waals surface area contributed by atoms with Crippen LogP contribution in [0.3, 0.4) is 0 Å². The number of hydrogen-bond acceptors (Lipinski definition) is 9. The summed E-state index contributed by atoms with van der Waals surface area (Å²) >= 11 is 0. The molecule has 0 spiro atoms. The highest BCUT2D eigenvalue weighted by Crippen LogP contribution is 2.32. The third kappa shape index (κ3) is 4.90. The molecule has 0 aliphatic carbocycles. The summed E-state index contributed by atoms with van der Waals surface area (Å²) in [7, 11) is 0. The van der Waals surface area contributed by atoms with Gasteiger partial charge in [0.05, 0.1) is 17.7 Å². The minimum Gasteiger partial charge on any atom is -0.339 e. The van der Waals surface area contributed by atoms with Crippen LogP contribution in [0.4, 0.5) is 23.1 Å². The van der Waals surface area contributed by atoms with Gasteiger partial charge in [-0.05, 0) is 79.9 Å². The first kappa shape index (κ1) is 22.2. The fraction of sp³-hybridized carbons (Fsp3) is 0.120. The van der Waals surface area contributed by atoms with E-state index >= 15 is 0 Å². The Morgan fingerprint density at radius 3 is 2.32 bits per heavy atom. The van der Waals surface area contributed by atoms with Gasteiger partial charge in [-0.3, -0.25) is 0 Å². The van der Waals surface area contributed by atoms with Crippen LogP contribution in [0.2, 0.25) is 0 Å². The molecule has 34 heavy (non-hydrogen) atoms. The van der Waals surface area contributed by atoms with Crippen molar-refractivity contribution in [2.75, 3.05) is 10.6 Å². The molecule has 0 bridgehead atoms. The van der Waals surface area contributed by atoms with Crippen LogP contribution in [0, 0.1) is 43.4 Å². The number of hydrogen-bond donors (Lipinski definition) is 2. The molecule has 0 aliphatic heterocycles. The fourth-order valence-electron chi connectivity index (χ4n) is 3.40. The average Bonchev–Trinajstić information content (AvgIpc) is 3.26. The molecule has 4 aromatic rings. The van der Waals surface area contributed by atoms with Gasteiger partial charge in [0.2, 0.25) is 5.95 Å². The lowest BCUT2D eigenvalue weighted by Gasteiger charge is -2.16. The van der Waals surface area contributed by atoms with Crippen LogP contribution in [0.5, 0.6) is 0 Å². The maximum Gasteiger partial charge on any atom is 0.263 e. The number of rotatable bonds is 6. The van der Waals surface area contributed by atoms with Crippen molar-refractivity contribution in [3.8, 4) is 23.6 Å². The fourth-order valence-corrected chi connectivity index (χ4v) is 3.40. The summed E-state index contributed by atoms with van der Waals surface area (Å²) in [5.41, 5.74) is 5.62. The normalized spacial score (nSPS) is 10.6. The maximum absolute atomic E-state index is 9.00. The van der Waals surface area contributed by atoms with Gasteiger partial charge in [-0.25, -0.2) is 4.98 Å². The predicted octanol–water partition coefficient (Wildman–Crippen LogP) is 5.35. The smallest absolute Gasteiger partial charge is 0.263 e. The molecule has 9 heteroatoms. The quantitative estimate of drug-likeness (QED) is 0.374. The molecule has 0 saturated heterocycles. The number of anilines is 4. The predicted molar refractivity (Wildman–Crippen MR) is 128 cm³/mol. The van der Waals surface area contributed by atoms with Crippen LogP contribution in [0.1, 0.15) is 28.1 Å². The summed E-state index contributed by atoms with van der Waals surface area (Å²) in [4.78, 5) is 13.4. The van der Waals surface area contributed by atoms with Crippen molar-refractivity contribution < 1.29 is 4.52 Å². The van der Waals surface area contributed by atoms with Crippen molar-refractivity contribution in [3.63, 3.8) is 0 Å². The zero-order valence-corrected chi connectivity index (χ0v) is 18.8. The second-order valence-electron chi connectivity index (χ2n) is 7.53. The van der Waals surface area contributed by atoms with E-state index in [9.17, 15) is 0 Å². The summed E-state index contributed by atoms with van der Waals surface area (Å²) in [5, 5.41) is 28.2. The van der Waals surface area contributed by atoms with Gasteiger partial charge in [0.15, 0.2) is 5.82 Å². The molecule has 4 rings (SSSR count). The molecule has 9 nitrogen and oxygen atoms in total. The molecule has 0 saturated carbocycles. The van der Waals surface area contributed by atoms with E-state index in [4.69, 9.17) is 15.0 Å². The molecule has 2 aromatic heterocycles. The molecule has 2 heterocycles. The summed E-state index contributed by atoms with van der Waals surface area (Å²) < 4.78 is 5.36. The van der Waals surface area contributed by atoms with Crippen molar-refractivity contribution >= 4 is 29.2 Å². The first-order valence-corrected chi connectivity index (χ1v) is 10.4. The van der Waals surface area contributed by atoms with Crippen molar-refractivity contribution in [2.45, 2.75) is 20.8 Å². The molecule has 166 valence electrons. The standard InChI is InChI=1S/C25H20N8O/c1-15-11-19(5-4-10-26)12-16(2)22(15)31-23-21(24-29-17(3)33-34-24)14-28-25(32-23)30-20-8-6-18(13-27)7-9-20/h4-9,11-12,14H,1-3H3,(H2,28,30,31,32)/b5-4+. The Morgan fingerprint density at radius 1 is 0.971 bits per heavy atom. The number of benzene rings is 2. The molecule has 0 unspecified atom stereocenters. The topological polar surface area (TPSA) is 136 Å². The van der Waals surface area contributed by atoms with Crippen molar-refractivity contribution in [1.82, 2.24) is 20.1 Å². The van der Waals surface area contributed by atoms with Crippen LogP contribution in [-0.4, -0.2) is 20.1 Å². The summed E-state index contributed by atoms with van der Waals surface area (Å²) in [6, 6.07) is 15.1. The SMILES string of the molecule is Cc1noc(-c2cnc(Nc3ccc(C#N)cc3)nc2Nc2c(C)cc(/C=C/C#N)cc2C)n1. The lowest BCUT2D eigenvalue weighted by Crippen LogP contribution is -2.05. The van der Waals surface area contributed by atoms with E-state index in [2.05, 4.69) is 36.8 Å². The van der Waals surface area contributed by atoms with E-state index in [0.29, 0.717) is 34.6 Å². The van der Waals surface area contributed by atoms with Gasteiger partial charge < -0.3 is 15.2 Å². The van der Waals surface area contributed by atoms with E-state index in [1.807, 2.05) is 32.0 Å². The minimum absolute atomic E-state index is 0.300. The zero-order valence-electron chi connectivity index (χ0n) is 18.8. The third-order valence-electron chi connectivity index (χ3n) is 4.97. The Balaban J connectivity index is 1.73. The molecule has 0 fully saturated rings. The Labute approximate surface area is 196 Å². The van der Waals surface area contributed by atoms with Crippen LogP contribution < -0.4 is 10.6 Å². The second kappa shape index (κ2) is 9.63. The largest absolute Gasteiger partial charge is 0.339 e. The van der Waals surface area contributed by atoms with Gasteiger partial charge in [0, 0.05) is 23.6 Å². The second-order valence-corrected chi connectivity index (χ2v) is 7.53. The van der Waals surface area contributed by atoms with E-state index in [1.54, 1.807) is 43.5 Å². The lowest BCUT2D eigenvalue weighted by atomic mass is 10.0. The first-order valence-electron chi connectivity index (χ1n) is 10.4. The van der Waals surface area contributed by atoms with Gasteiger partial charge in [-0.1, -0.05) is 5.16 Å². The van der Waals surface area contributed by atoms with Crippen LogP contribution in [0.25, 0.3) is 17.5 Å². The van der Waals surface area contributed by atoms with E-state index < -0.39 is 0 Å². The van der Waals surface area contributed by atoms with Gasteiger partial charge in [-0.2, -0.15) is 20.5 Å². The van der Waals surface area contributed by atoms with Crippen molar-refractivity contribution in [2.24, 2.45) is 0 Å². The number of aromatic nitrogens is 4. The van der Waals surface area contributed by atoms with Gasteiger partial charge >= 0.3 is 0 Å². The number of nitrogens with one attached hydrogen (secondary N) is 2. The Kier molecular flexibility index (Phi) is 6.29. The van der Waals surface area contributed by atoms with Crippen molar-refractivity contribution in [1.29, 1.82) is 10.5 Å². The Hall–Kier alpha value is -5.02. The van der Waals surface area contributed by atoms with Crippen LogP contribution >= 0.6 is 0 Å². The van der Waals surface area contributed by atoms with Gasteiger partial charge in [-0.15, -0.1) is 0 Å². The minimum atomic E-state index is 0.300. The third-order valence-corrected chi connectivity index (χ3v) is 4.97. The van der Waals surface area contributed by atoms with Gasteiger partial charge in [0.1, 0.15) is 11.4 Å². The highest BCUT2D eigenvalue weighted by molar-refractivity contribution is 5.77. The van der Waals surface area contributed by atoms with E-state index in [0.717, 1.165) is 28.1 Å². The summed E-state index contributed by atoms with van der Waals surface area (Å²) in [6.45, 7) is 5.70. The van der Waals surface area contributed by atoms with E-state index in [-0.39, 0.29) is 0 Å². The van der Waals surface area contributed by atoms with Crippen LogP contribution in [0.15, 0.2) is 53.2 Å². The monoisotopic (exact) mass is 448 g/mol. The summed E-state index contributed by atoms with van der Waals surface area (Å²) in [6.07, 6.45) is 4.83. The summed E-state index contributed by atoms with van der Waals surface area (Å²) in [5.74, 6) is 1.65.